The van der Waals surface area contributed by atoms with E-state index >= 15 is 0 Å². The molecule has 1 aliphatic rings. The third-order valence-corrected chi connectivity index (χ3v) is 5.94. The lowest BCUT2D eigenvalue weighted by atomic mass is 10.2. The molecule has 156 valence electrons. The molecule has 9 heteroatoms. The van der Waals surface area contributed by atoms with Crippen LogP contribution in [-0.2, 0) is 14.8 Å². The third kappa shape index (κ3) is 5.68. The number of carbonyl (C=O) groups is 1. The van der Waals surface area contributed by atoms with E-state index in [9.17, 15) is 17.6 Å². The molecule has 0 unspecified atom stereocenters. The Balaban J connectivity index is 1.66. The fourth-order valence-corrected chi connectivity index (χ4v) is 4.03. The van der Waals surface area contributed by atoms with E-state index in [4.69, 9.17) is 0 Å². The molecule has 29 heavy (non-hydrogen) atoms. The van der Waals surface area contributed by atoms with Crippen molar-refractivity contribution in [3.8, 4) is 0 Å². The summed E-state index contributed by atoms with van der Waals surface area (Å²) in [6.45, 7) is 3.45. The Kier molecular flexibility index (Phi) is 6.39. The molecule has 7 nitrogen and oxygen atoms in total. The van der Waals surface area contributed by atoms with Gasteiger partial charge in [-0.3, -0.25) is 9.10 Å². The molecular formula is C20H25FN4O3S. The average Bonchev–Trinajstić information content (AvgIpc) is 2.66. The molecule has 0 radical (unpaired) electrons. The highest BCUT2D eigenvalue weighted by atomic mass is 32.2. The van der Waals surface area contributed by atoms with Crippen LogP contribution < -0.4 is 14.5 Å². The van der Waals surface area contributed by atoms with Gasteiger partial charge in [0.05, 0.1) is 11.9 Å². The molecule has 1 amide bonds. The summed E-state index contributed by atoms with van der Waals surface area (Å²) in [4.78, 5) is 17.0. The van der Waals surface area contributed by atoms with Gasteiger partial charge in [-0.05, 0) is 49.5 Å². The van der Waals surface area contributed by atoms with Gasteiger partial charge in [0.1, 0.15) is 12.4 Å². The van der Waals surface area contributed by atoms with Gasteiger partial charge >= 0.3 is 0 Å². The van der Waals surface area contributed by atoms with Crippen LogP contribution in [0, 0.1) is 5.82 Å². The van der Waals surface area contributed by atoms with Gasteiger partial charge in [0, 0.05) is 37.6 Å². The van der Waals surface area contributed by atoms with Crippen molar-refractivity contribution < 1.29 is 17.6 Å². The topological polar surface area (TPSA) is 73.0 Å². The number of amides is 1. The van der Waals surface area contributed by atoms with Crippen molar-refractivity contribution in [3.63, 3.8) is 0 Å². The molecule has 0 aromatic heterocycles. The molecule has 2 aromatic rings. The number of rotatable bonds is 6. The van der Waals surface area contributed by atoms with Crippen molar-refractivity contribution in [2.24, 2.45) is 0 Å². The molecule has 0 spiro atoms. The molecular weight excluding hydrogens is 395 g/mol. The summed E-state index contributed by atoms with van der Waals surface area (Å²) >= 11 is 0. The molecule has 0 saturated carbocycles. The minimum Gasteiger partial charge on any atom is -0.369 e. The lowest BCUT2D eigenvalue weighted by Crippen LogP contribution is -2.44. The van der Waals surface area contributed by atoms with Crippen molar-refractivity contribution in [1.82, 2.24) is 4.90 Å². The smallest absolute Gasteiger partial charge is 0.245 e. The molecule has 0 atom stereocenters. The number of likely N-dealkylation sites (N-methyl/N-ethyl adjacent to an activating group) is 1. The van der Waals surface area contributed by atoms with Crippen LogP contribution in [0.2, 0.25) is 0 Å². The summed E-state index contributed by atoms with van der Waals surface area (Å²) in [5.41, 5.74) is 1.75. The molecule has 1 aliphatic heterocycles. The van der Waals surface area contributed by atoms with Gasteiger partial charge in [0.15, 0.2) is 0 Å². The van der Waals surface area contributed by atoms with Crippen molar-refractivity contribution in [2.75, 3.05) is 60.5 Å². The quantitative estimate of drug-likeness (QED) is 0.774. The van der Waals surface area contributed by atoms with E-state index in [1.165, 1.54) is 18.2 Å². The summed E-state index contributed by atoms with van der Waals surface area (Å²) in [5, 5.41) is 2.70. The Hall–Kier alpha value is -2.65. The SMILES string of the molecule is CN1CCN(c2ccc(NC(=O)CN(c3cccc(F)c3)S(C)(=O)=O)cc2)CC1. The first kappa shape index (κ1) is 21.1. The Morgan fingerprint density at radius 2 is 1.76 bits per heavy atom. The van der Waals surface area contributed by atoms with E-state index in [-0.39, 0.29) is 5.69 Å². The van der Waals surface area contributed by atoms with Crippen LogP contribution in [0.1, 0.15) is 0 Å². The number of piperazine rings is 1. The van der Waals surface area contributed by atoms with E-state index in [2.05, 4.69) is 22.2 Å². The maximum Gasteiger partial charge on any atom is 0.245 e. The fraction of sp³-hybridized carbons (Fsp3) is 0.350. The number of nitrogens with one attached hydrogen (secondary N) is 1. The highest BCUT2D eigenvalue weighted by Gasteiger charge is 2.21. The Labute approximate surface area is 170 Å². The van der Waals surface area contributed by atoms with Crippen molar-refractivity contribution in [3.05, 3.63) is 54.3 Å². The Bertz CT molecular complexity index is 958. The van der Waals surface area contributed by atoms with Crippen LogP contribution in [0.5, 0.6) is 0 Å². The zero-order valence-corrected chi connectivity index (χ0v) is 17.3. The number of sulfonamides is 1. The van der Waals surface area contributed by atoms with Crippen LogP contribution in [0.25, 0.3) is 0 Å². The molecule has 1 heterocycles. The van der Waals surface area contributed by atoms with Crippen molar-refractivity contribution in [1.29, 1.82) is 0 Å². The van der Waals surface area contributed by atoms with E-state index in [1.54, 1.807) is 12.1 Å². The predicted octanol–water partition coefficient (Wildman–Crippen LogP) is 1.98. The highest BCUT2D eigenvalue weighted by molar-refractivity contribution is 7.92. The summed E-state index contributed by atoms with van der Waals surface area (Å²) in [6, 6.07) is 12.6. The maximum absolute atomic E-state index is 13.5. The van der Waals surface area contributed by atoms with Gasteiger partial charge in [-0.25, -0.2) is 12.8 Å². The summed E-state index contributed by atoms with van der Waals surface area (Å²) in [7, 11) is -1.66. The van der Waals surface area contributed by atoms with Crippen LogP contribution in [0.3, 0.4) is 0 Å². The lowest BCUT2D eigenvalue weighted by molar-refractivity contribution is -0.114. The normalized spacial score (nSPS) is 15.2. The largest absolute Gasteiger partial charge is 0.369 e. The van der Waals surface area contributed by atoms with Crippen LogP contribution >= 0.6 is 0 Å². The van der Waals surface area contributed by atoms with Crippen LogP contribution in [-0.4, -0.2) is 65.3 Å². The van der Waals surface area contributed by atoms with Crippen molar-refractivity contribution in [2.45, 2.75) is 0 Å². The number of anilines is 3. The molecule has 1 fully saturated rings. The number of hydrogen-bond donors (Lipinski definition) is 1. The zero-order valence-electron chi connectivity index (χ0n) is 16.5. The van der Waals surface area contributed by atoms with E-state index in [1.807, 2.05) is 12.1 Å². The minimum absolute atomic E-state index is 0.105. The maximum atomic E-state index is 13.5. The predicted molar refractivity (Wildman–Crippen MR) is 113 cm³/mol. The second-order valence-corrected chi connectivity index (χ2v) is 9.04. The number of benzene rings is 2. The first-order valence-corrected chi connectivity index (χ1v) is 11.1. The fourth-order valence-electron chi connectivity index (χ4n) is 3.18. The molecule has 0 bridgehead atoms. The van der Waals surface area contributed by atoms with E-state index < -0.39 is 28.3 Å². The summed E-state index contributed by atoms with van der Waals surface area (Å²) in [6.07, 6.45) is 0.982. The second-order valence-electron chi connectivity index (χ2n) is 7.13. The third-order valence-electron chi connectivity index (χ3n) is 4.80. The number of halogens is 1. The minimum atomic E-state index is -3.75. The van der Waals surface area contributed by atoms with E-state index in [0.717, 1.165) is 48.5 Å². The first-order chi connectivity index (χ1) is 13.7. The Morgan fingerprint density at radius 1 is 1.10 bits per heavy atom. The van der Waals surface area contributed by atoms with Crippen molar-refractivity contribution >= 4 is 33.0 Å². The molecule has 2 aromatic carbocycles. The molecule has 1 saturated heterocycles. The molecule has 1 N–H and O–H groups in total. The van der Waals surface area contributed by atoms with Gasteiger partial charge in [0.25, 0.3) is 0 Å². The lowest BCUT2D eigenvalue weighted by Gasteiger charge is -2.34. The first-order valence-electron chi connectivity index (χ1n) is 9.29. The Morgan fingerprint density at radius 3 is 2.34 bits per heavy atom. The van der Waals surface area contributed by atoms with Gasteiger partial charge in [-0.1, -0.05) is 6.07 Å². The average molecular weight is 421 g/mol. The van der Waals surface area contributed by atoms with Gasteiger partial charge in [-0.2, -0.15) is 0 Å². The van der Waals surface area contributed by atoms with Gasteiger partial charge in [0.2, 0.25) is 15.9 Å². The monoisotopic (exact) mass is 420 g/mol. The standard InChI is InChI=1S/C20H25FN4O3S/c1-23-10-12-24(13-11-23)18-8-6-17(7-9-18)22-20(26)15-25(29(2,27)28)19-5-3-4-16(21)14-19/h3-9,14H,10-13,15H2,1-2H3,(H,22,26). The summed E-state index contributed by atoms with van der Waals surface area (Å²) < 4.78 is 38.5. The molecule has 3 rings (SSSR count). The van der Waals surface area contributed by atoms with Crippen LogP contribution in [0.15, 0.2) is 48.5 Å². The summed E-state index contributed by atoms with van der Waals surface area (Å²) in [5.74, 6) is -1.08. The van der Waals surface area contributed by atoms with Gasteiger partial charge in [-0.15, -0.1) is 0 Å². The zero-order chi connectivity index (χ0) is 21.0. The van der Waals surface area contributed by atoms with E-state index in [0.29, 0.717) is 5.69 Å². The van der Waals surface area contributed by atoms with Crippen LogP contribution in [0.4, 0.5) is 21.5 Å². The second kappa shape index (κ2) is 8.79. The highest BCUT2D eigenvalue weighted by Crippen LogP contribution is 2.21. The molecule has 0 aliphatic carbocycles. The number of hydrogen-bond acceptors (Lipinski definition) is 5. The number of nitrogens with zero attached hydrogens (tertiary/aromatic N) is 3. The number of carbonyl (C=O) groups excluding carboxylic acids is 1. The van der Waals surface area contributed by atoms with Gasteiger partial charge < -0.3 is 15.1 Å².